The van der Waals surface area contributed by atoms with Gasteiger partial charge in [-0.25, -0.2) is 0 Å². The SMILES string of the molecule is C=CC(C)C(C)C(=O)C(C)C. The van der Waals surface area contributed by atoms with Crippen molar-refractivity contribution in [3.63, 3.8) is 0 Å². The minimum atomic E-state index is 0.118. The van der Waals surface area contributed by atoms with E-state index in [1.807, 2.05) is 33.8 Å². The van der Waals surface area contributed by atoms with E-state index in [9.17, 15) is 4.79 Å². The lowest BCUT2D eigenvalue weighted by Gasteiger charge is -2.16. The van der Waals surface area contributed by atoms with Crippen LogP contribution in [0.2, 0.25) is 0 Å². The van der Waals surface area contributed by atoms with Gasteiger partial charge in [0.05, 0.1) is 0 Å². The van der Waals surface area contributed by atoms with Gasteiger partial charge in [0, 0.05) is 11.8 Å². The lowest BCUT2D eigenvalue weighted by atomic mass is 9.87. The Labute approximate surface area is 69.5 Å². The molecule has 0 aliphatic heterocycles. The van der Waals surface area contributed by atoms with Gasteiger partial charge in [0.1, 0.15) is 5.78 Å². The highest BCUT2D eigenvalue weighted by Gasteiger charge is 2.19. The summed E-state index contributed by atoms with van der Waals surface area (Å²) in [5.41, 5.74) is 0. The smallest absolute Gasteiger partial charge is 0.138 e. The van der Waals surface area contributed by atoms with E-state index in [0.29, 0.717) is 11.7 Å². The van der Waals surface area contributed by atoms with Crippen LogP contribution in [0.3, 0.4) is 0 Å². The molecule has 0 aromatic carbocycles. The van der Waals surface area contributed by atoms with Crippen LogP contribution < -0.4 is 0 Å². The highest BCUT2D eigenvalue weighted by Crippen LogP contribution is 2.16. The summed E-state index contributed by atoms with van der Waals surface area (Å²) >= 11 is 0. The molecule has 0 heterocycles. The first-order valence-corrected chi connectivity index (χ1v) is 4.17. The van der Waals surface area contributed by atoms with Gasteiger partial charge >= 0.3 is 0 Å². The lowest BCUT2D eigenvalue weighted by Crippen LogP contribution is -2.21. The summed E-state index contributed by atoms with van der Waals surface area (Å²) in [4.78, 5) is 11.4. The van der Waals surface area contributed by atoms with Crippen LogP contribution in [0.1, 0.15) is 27.7 Å². The van der Waals surface area contributed by atoms with Crippen LogP contribution in [0.15, 0.2) is 12.7 Å². The number of rotatable bonds is 4. The Hall–Kier alpha value is -0.590. The second-order valence-electron chi connectivity index (χ2n) is 3.44. The fraction of sp³-hybridized carbons (Fsp3) is 0.700. The number of hydrogen-bond acceptors (Lipinski definition) is 1. The zero-order valence-corrected chi connectivity index (χ0v) is 7.92. The standard InChI is InChI=1S/C10H18O/c1-6-8(4)9(5)10(11)7(2)3/h6-9H,1H2,2-5H3. The maximum atomic E-state index is 11.4. The summed E-state index contributed by atoms with van der Waals surface area (Å²) < 4.78 is 0. The normalized spacial score (nSPS) is 16.1. The van der Waals surface area contributed by atoms with Crippen molar-refractivity contribution in [3.05, 3.63) is 12.7 Å². The van der Waals surface area contributed by atoms with E-state index in [-0.39, 0.29) is 11.8 Å². The van der Waals surface area contributed by atoms with Crippen LogP contribution in [0.25, 0.3) is 0 Å². The molecule has 0 fully saturated rings. The first-order chi connectivity index (χ1) is 5.00. The predicted octanol–water partition coefficient (Wildman–Crippen LogP) is 2.67. The van der Waals surface area contributed by atoms with Crippen LogP contribution >= 0.6 is 0 Å². The lowest BCUT2D eigenvalue weighted by molar-refractivity contribution is -0.126. The van der Waals surface area contributed by atoms with Gasteiger partial charge in [-0.05, 0) is 5.92 Å². The molecule has 0 saturated heterocycles. The van der Waals surface area contributed by atoms with E-state index in [1.54, 1.807) is 0 Å². The maximum Gasteiger partial charge on any atom is 0.138 e. The van der Waals surface area contributed by atoms with E-state index in [1.165, 1.54) is 0 Å². The molecule has 2 atom stereocenters. The molecule has 0 N–H and O–H groups in total. The highest BCUT2D eigenvalue weighted by atomic mass is 16.1. The molecule has 0 aromatic rings. The van der Waals surface area contributed by atoms with Crippen LogP contribution in [-0.2, 0) is 4.79 Å². The molecular formula is C10H18O. The van der Waals surface area contributed by atoms with E-state index in [0.717, 1.165) is 0 Å². The third-order valence-corrected chi connectivity index (χ3v) is 2.18. The molecular weight excluding hydrogens is 136 g/mol. The van der Waals surface area contributed by atoms with Gasteiger partial charge in [0.15, 0.2) is 0 Å². The Kier molecular flexibility index (Phi) is 4.09. The van der Waals surface area contributed by atoms with E-state index >= 15 is 0 Å². The van der Waals surface area contributed by atoms with Gasteiger partial charge in [0.25, 0.3) is 0 Å². The van der Waals surface area contributed by atoms with Crippen LogP contribution in [0.4, 0.5) is 0 Å². The minimum absolute atomic E-state index is 0.118. The van der Waals surface area contributed by atoms with E-state index in [2.05, 4.69) is 6.58 Å². The molecule has 0 aliphatic rings. The zero-order valence-electron chi connectivity index (χ0n) is 7.92. The van der Waals surface area contributed by atoms with Crippen molar-refractivity contribution in [1.82, 2.24) is 0 Å². The molecule has 64 valence electrons. The van der Waals surface area contributed by atoms with Gasteiger partial charge in [-0.15, -0.1) is 6.58 Å². The third kappa shape index (κ3) is 2.87. The summed E-state index contributed by atoms with van der Waals surface area (Å²) in [5.74, 6) is 0.891. The topological polar surface area (TPSA) is 17.1 Å². The average molecular weight is 154 g/mol. The summed E-state index contributed by atoms with van der Waals surface area (Å²) in [6, 6.07) is 0. The number of allylic oxidation sites excluding steroid dienone is 1. The fourth-order valence-electron chi connectivity index (χ4n) is 0.989. The molecule has 0 saturated carbocycles. The zero-order chi connectivity index (χ0) is 9.02. The van der Waals surface area contributed by atoms with Crippen LogP contribution in [0, 0.1) is 17.8 Å². The van der Waals surface area contributed by atoms with Crippen molar-refractivity contribution >= 4 is 5.78 Å². The van der Waals surface area contributed by atoms with Gasteiger partial charge in [-0.3, -0.25) is 4.79 Å². The Bertz CT molecular complexity index is 147. The highest BCUT2D eigenvalue weighted by molar-refractivity contribution is 5.82. The molecule has 0 rings (SSSR count). The van der Waals surface area contributed by atoms with Crippen molar-refractivity contribution in [2.45, 2.75) is 27.7 Å². The van der Waals surface area contributed by atoms with Crippen molar-refractivity contribution in [2.24, 2.45) is 17.8 Å². The first kappa shape index (κ1) is 10.4. The molecule has 0 amide bonds. The van der Waals surface area contributed by atoms with Gasteiger partial charge < -0.3 is 0 Å². The second kappa shape index (κ2) is 4.32. The summed E-state index contributed by atoms with van der Waals surface area (Å²) in [7, 11) is 0. The average Bonchev–Trinajstić information content (AvgIpc) is 2.00. The Morgan fingerprint density at radius 1 is 1.27 bits per heavy atom. The third-order valence-electron chi connectivity index (χ3n) is 2.18. The van der Waals surface area contributed by atoms with Crippen molar-refractivity contribution < 1.29 is 4.79 Å². The maximum absolute atomic E-state index is 11.4. The van der Waals surface area contributed by atoms with Crippen LogP contribution in [0.5, 0.6) is 0 Å². The molecule has 1 heteroatoms. The molecule has 0 radical (unpaired) electrons. The molecule has 0 spiro atoms. The fourth-order valence-corrected chi connectivity index (χ4v) is 0.989. The molecule has 11 heavy (non-hydrogen) atoms. The van der Waals surface area contributed by atoms with Crippen molar-refractivity contribution in [2.75, 3.05) is 0 Å². The quantitative estimate of drug-likeness (QED) is 0.569. The second-order valence-corrected chi connectivity index (χ2v) is 3.44. The molecule has 0 bridgehead atoms. The Morgan fingerprint density at radius 3 is 2.00 bits per heavy atom. The number of carbonyl (C=O) groups is 1. The van der Waals surface area contributed by atoms with Gasteiger partial charge in [-0.2, -0.15) is 0 Å². The molecule has 0 aromatic heterocycles. The van der Waals surface area contributed by atoms with Gasteiger partial charge in [-0.1, -0.05) is 33.8 Å². The Morgan fingerprint density at radius 2 is 1.73 bits per heavy atom. The van der Waals surface area contributed by atoms with Crippen LogP contribution in [-0.4, -0.2) is 5.78 Å². The van der Waals surface area contributed by atoms with E-state index < -0.39 is 0 Å². The number of ketones is 1. The van der Waals surface area contributed by atoms with Gasteiger partial charge in [0.2, 0.25) is 0 Å². The van der Waals surface area contributed by atoms with E-state index in [4.69, 9.17) is 0 Å². The van der Waals surface area contributed by atoms with Crippen molar-refractivity contribution in [3.8, 4) is 0 Å². The summed E-state index contributed by atoms with van der Waals surface area (Å²) in [5, 5.41) is 0. The largest absolute Gasteiger partial charge is 0.299 e. The number of carbonyl (C=O) groups excluding carboxylic acids is 1. The summed E-state index contributed by atoms with van der Waals surface area (Å²) in [6.07, 6.45) is 1.84. The van der Waals surface area contributed by atoms with Crippen molar-refractivity contribution in [1.29, 1.82) is 0 Å². The Balaban J connectivity index is 4.12. The number of Topliss-reactive ketones (excluding diaryl/α,β-unsaturated/α-hetero) is 1. The minimum Gasteiger partial charge on any atom is -0.299 e. The monoisotopic (exact) mass is 154 g/mol. The molecule has 1 nitrogen and oxygen atoms in total. The first-order valence-electron chi connectivity index (χ1n) is 4.17. The predicted molar refractivity (Wildman–Crippen MR) is 48.4 cm³/mol. The molecule has 2 unspecified atom stereocenters. The number of hydrogen-bond donors (Lipinski definition) is 0. The summed E-state index contributed by atoms with van der Waals surface area (Å²) in [6.45, 7) is 11.5. The molecule has 0 aliphatic carbocycles.